The predicted octanol–water partition coefficient (Wildman–Crippen LogP) is -0.506. The molecule has 2 N–H and O–H groups in total. The second-order valence-electron chi connectivity index (χ2n) is 2.44. The van der Waals surface area contributed by atoms with Gasteiger partial charge in [0.25, 0.3) is 0 Å². The van der Waals surface area contributed by atoms with Crippen LogP contribution < -0.4 is 9.68 Å². The van der Waals surface area contributed by atoms with Crippen LogP contribution in [0, 0.1) is 0 Å². The molecule has 0 spiro atoms. The quantitative estimate of drug-likeness (QED) is 0.589. The zero-order valence-electron chi connectivity index (χ0n) is 6.48. The van der Waals surface area contributed by atoms with Crippen LogP contribution in [-0.2, 0) is 0 Å². The van der Waals surface area contributed by atoms with E-state index in [0.717, 1.165) is 5.00 Å². The molecule has 0 radical (unpaired) electrons. The number of thiophene rings is 1. The van der Waals surface area contributed by atoms with Gasteiger partial charge in [-0.3, -0.25) is 0 Å². The lowest BCUT2D eigenvalue weighted by Gasteiger charge is -2.07. The van der Waals surface area contributed by atoms with Crippen LogP contribution in [0.2, 0.25) is 0 Å². The first-order valence-electron chi connectivity index (χ1n) is 3.24. The standard InChI is InChI=1S/C6H10BNO2S/c1-8(2)6-4-3-5(11-6)7(9)10/h3-4,9-10H,1-2H3. The van der Waals surface area contributed by atoms with E-state index in [0.29, 0.717) is 4.78 Å². The lowest BCUT2D eigenvalue weighted by molar-refractivity contribution is 0.427. The fourth-order valence-electron chi connectivity index (χ4n) is 0.721. The Kier molecular flexibility index (Phi) is 2.54. The first-order valence-corrected chi connectivity index (χ1v) is 4.06. The van der Waals surface area contributed by atoms with Gasteiger partial charge >= 0.3 is 7.12 Å². The Morgan fingerprint density at radius 1 is 1.36 bits per heavy atom. The van der Waals surface area contributed by atoms with E-state index in [1.807, 2.05) is 25.1 Å². The number of rotatable bonds is 2. The van der Waals surface area contributed by atoms with E-state index < -0.39 is 7.12 Å². The minimum atomic E-state index is -1.34. The van der Waals surface area contributed by atoms with Crippen molar-refractivity contribution in [2.75, 3.05) is 19.0 Å². The molecule has 0 amide bonds. The summed E-state index contributed by atoms with van der Waals surface area (Å²) >= 11 is 1.37. The average molecular weight is 171 g/mol. The van der Waals surface area contributed by atoms with Crippen LogP contribution in [-0.4, -0.2) is 31.3 Å². The Bertz CT molecular complexity index is 214. The Hall–Kier alpha value is -0.515. The summed E-state index contributed by atoms with van der Waals surface area (Å²) in [7, 11) is 2.49. The van der Waals surface area contributed by atoms with Gasteiger partial charge < -0.3 is 14.9 Å². The van der Waals surface area contributed by atoms with Gasteiger partial charge in [-0.15, -0.1) is 11.3 Å². The Morgan fingerprint density at radius 3 is 2.27 bits per heavy atom. The van der Waals surface area contributed by atoms with Crippen LogP contribution in [0.3, 0.4) is 0 Å². The third-order valence-electron chi connectivity index (χ3n) is 1.31. The SMILES string of the molecule is CN(C)c1ccc(B(O)O)s1. The maximum absolute atomic E-state index is 8.77. The second kappa shape index (κ2) is 3.25. The summed E-state index contributed by atoms with van der Waals surface area (Å²) in [5, 5.41) is 18.6. The van der Waals surface area contributed by atoms with Gasteiger partial charge in [-0.05, 0) is 12.1 Å². The fourth-order valence-corrected chi connectivity index (χ4v) is 1.52. The molecule has 0 aromatic carbocycles. The minimum absolute atomic E-state index is 0.578. The monoisotopic (exact) mass is 171 g/mol. The number of anilines is 1. The van der Waals surface area contributed by atoms with Crippen molar-refractivity contribution in [3.63, 3.8) is 0 Å². The van der Waals surface area contributed by atoms with E-state index in [9.17, 15) is 0 Å². The Labute approximate surface area is 70.0 Å². The minimum Gasteiger partial charge on any atom is -0.423 e. The molecule has 1 rings (SSSR count). The zero-order valence-corrected chi connectivity index (χ0v) is 7.30. The molecule has 0 fully saturated rings. The van der Waals surface area contributed by atoms with Crippen LogP contribution in [0.1, 0.15) is 0 Å². The maximum Gasteiger partial charge on any atom is 0.499 e. The first-order chi connectivity index (χ1) is 5.11. The lowest BCUT2D eigenvalue weighted by atomic mass is 9.90. The normalized spacial score (nSPS) is 9.82. The highest BCUT2D eigenvalue weighted by atomic mass is 32.1. The highest BCUT2D eigenvalue weighted by molar-refractivity contribution is 7.25. The van der Waals surface area contributed by atoms with Crippen molar-refractivity contribution < 1.29 is 10.0 Å². The van der Waals surface area contributed by atoms with Crippen molar-refractivity contribution in [3.05, 3.63) is 12.1 Å². The summed E-state index contributed by atoms with van der Waals surface area (Å²) in [6.45, 7) is 0. The summed E-state index contributed by atoms with van der Waals surface area (Å²) in [4.78, 5) is 1.93. The summed E-state index contributed by atoms with van der Waals surface area (Å²) in [5.41, 5.74) is 0. The highest BCUT2D eigenvalue weighted by Crippen LogP contribution is 2.16. The van der Waals surface area contributed by atoms with E-state index in [1.54, 1.807) is 6.07 Å². The molecule has 1 heterocycles. The lowest BCUT2D eigenvalue weighted by Crippen LogP contribution is -2.26. The van der Waals surface area contributed by atoms with E-state index in [1.165, 1.54) is 11.3 Å². The molecular weight excluding hydrogens is 161 g/mol. The summed E-state index contributed by atoms with van der Waals surface area (Å²) in [6, 6.07) is 3.57. The van der Waals surface area contributed by atoms with E-state index in [4.69, 9.17) is 10.0 Å². The molecule has 5 heteroatoms. The molecule has 0 saturated carbocycles. The van der Waals surface area contributed by atoms with Gasteiger partial charge in [0.2, 0.25) is 0 Å². The molecule has 0 aliphatic rings. The van der Waals surface area contributed by atoms with E-state index in [2.05, 4.69) is 0 Å². The van der Waals surface area contributed by atoms with Crippen LogP contribution in [0.5, 0.6) is 0 Å². The van der Waals surface area contributed by atoms with Crippen molar-refractivity contribution >= 4 is 28.2 Å². The van der Waals surface area contributed by atoms with Gasteiger partial charge in [0.05, 0.1) is 5.00 Å². The third-order valence-corrected chi connectivity index (χ3v) is 2.60. The molecule has 0 saturated heterocycles. The van der Waals surface area contributed by atoms with Gasteiger partial charge in [0.1, 0.15) is 0 Å². The van der Waals surface area contributed by atoms with E-state index in [-0.39, 0.29) is 0 Å². The molecule has 1 aromatic heterocycles. The molecular formula is C6H10BNO2S. The molecule has 0 unspecified atom stereocenters. The molecule has 60 valence electrons. The molecule has 1 aromatic rings. The molecule has 0 aliphatic carbocycles. The van der Waals surface area contributed by atoms with Crippen LogP contribution >= 0.6 is 11.3 Å². The Balaban J connectivity index is 2.82. The van der Waals surface area contributed by atoms with Crippen molar-refractivity contribution in [2.45, 2.75) is 0 Å². The van der Waals surface area contributed by atoms with E-state index >= 15 is 0 Å². The van der Waals surface area contributed by atoms with Crippen molar-refractivity contribution in [3.8, 4) is 0 Å². The number of hydrogen-bond donors (Lipinski definition) is 2. The van der Waals surface area contributed by atoms with Gasteiger partial charge in [-0.2, -0.15) is 0 Å². The summed E-state index contributed by atoms with van der Waals surface area (Å²) in [5.74, 6) is 0. The fraction of sp³-hybridized carbons (Fsp3) is 0.333. The van der Waals surface area contributed by atoms with Crippen LogP contribution in [0.25, 0.3) is 0 Å². The maximum atomic E-state index is 8.77. The van der Waals surface area contributed by atoms with Gasteiger partial charge in [0.15, 0.2) is 0 Å². The van der Waals surface area contributed by atoms with Crippen LogP contribution in [0.4, 0.5) is 5.00 Å². The molecule has 0 bridgehead atoms. The number of hydrogen-bond acceptors (Lipinski definition) is 4. The van der Waals surface area contributed by atoms with Crippen molar-refractivity contribution in [1.29, 1.82) is 0 Å². The second-order valence-corrected chi connectivity index (χ2v) is 3.54. The largest absolute Gasteiger partial charge is 0.499 e. The highest BCUT2D eigenvalue weighted by Gasteiger charge is 2.13. The average Bonchev–Trinajstić information content (AvgIpc) is 2.33. The zero-order chi connectivity index (χ0) is 8.43. The van der Waals surface area contributed by atoms with Gasteiger partial charge in [-0.25, -0.2) is 0 Å². The first kappa shape index (κ1) is 8.58. The predicted molar refractivity (Wildman–Crippen MR) is 48.5 cm³/mol. The van der Waals surface area contributed by atoms with Gasteiger partial charge in [0, 0.05) is 18.9 Å². The summed E-state index contributed by atoms with van der Waals surface area (Å²) < 4.78 is 0.578. The summed E-state index contributed by atoms with van der Waals surface area (Å²) in [6.07, 6.45) is 0. The van der Waals surface area contributed by atoms with Crippen LogP contribution in [0.15, 0.2) is 12.1 Å². The van der Waals surface area contributed by atoms with Crippen molar-refractivity contribution in [1.82, 2.24) is 0 Å². The number of nitrogens with zero attached hydrogens (tertiary/aromatic N) is 1. The molecule has 11 heavy (non-hydrogen) atoms. The van der Waals surface area contributed by atoms with Gasteiger partial charge in [-0.1, -0.05) is 0 Å². The molecule has 0 atom stereocenters. The smallest absolute Gasteiger partial charge is 0.423 e. The molecule has 0 aliphatic heterocycles. The molecule has 3 nitrogen and oxygen atoms in total. The third kappa shape index (κ3) is 1.96. The Morgan fingerprint density at radius 2 is 2.00 bits per heavy atom. The van der Waals surface area contributed by atoms with Crippen molar-refractivity contribution in [2.24, 2.45) is 0 Å². The topological polar surface area (TPSA) is 43.7 Å².